The van der Waals surface area contributed by atoms with Crippen molar-refractivity contribution in [1.82, 2.24) is 9.80 Å². The predicted octanol–water partition coefficient (Wildman–Crippen LogP) is 3.02. The second kappa shape index (κ2) is 7.66. The molecule has 2 aliphatic heterocycles. The van der Waals surface area contributed by atoms with Crippen LogP contribution in [0.2, 0.25) is 0 Å². The molecule has 0 bridgehead atoms. The fourth-order valence-corrected chi connectivity index (χ4v) is 3.93. The molecule has 0 unspecified atom stereocenters. The van der Waals surface area contributed by atoms with Gasteiger partial charge in [-0.15, -0.1) is 0 Å². The number of amides is 2. The summed E-state index contributed by atoms with van der Waals surface area (Å²) >= 11 is 0. The quantitative estimate of drug-likeness (QED) is 0.855. The van der Waals surface area contributed by atoms with Crippen LogP contribution in [0.4, 0.5) is 4.79 Å². The van der Waals surface area contributed by atoms with Gasteiger partial charge in [0, 0.05) is 37.5 Å². The zero-order valence-corrected chi connectivity index (χ0v) is 16.2. The number of nitrogens with zero attached hydrogens (tertiary/aromatic N) is 2. The summed E-state index contributed by atoms with van der Waals surface area (Å²) in [5.74, 6) is 0.175. The maximum Gasteiger partial charge on any atom is 0.410 e. The molecule has 27 heavy (non-hydrogen) atoms. The van der Waals surface area contributed by atoms with E-state index in [0.29, 0.717) is 38.0 Å². The summed E-state index contributed by atoms with van der Waals surface area (Å²) in [6, 6.07) is 4.77. The minimum Gasteiger partial charge on any atom is -0.504 e. The van der Waals surface area contributed by atoms with E-state index in [2.05, 4.69) is 13.8 Å². The first-order valence-corrected chi connectivity index (χ1v) is 9.55. The maximum absolute atomic E-state index is 12.8. The number of likely N-dealkylation sites (tertiary alicyclic amines) is 1. The number of hydrogen-bond donors (Lipinski definition) is 1. The normalized spacial score (nSPS) is 19.9. The number of carbonyl (C=O) groups excluding carboxylic acids is 2. The monoisotopic (exact) mass is 376 g/mol. The molecule has 1 aromatic carbocycles. The molecule has 148 valence electrons. The van der Waals surface area contributed by atoms with Crippen LogP contribution in [-0.4, -0.2) is 65.3 Å². The lowest BCUT2D eigenvalue weighted by Crippen LogP contribution is -2.49. The van der Waals surface area contributed by atoms with Crippen LogP contribution >= 0.6 is 0 Å². The second-order valence-electron chi connectivity index (χ2n) is 7.50. The summed E-state index contributed by atoms with van der Waals surface area (Å²) in [5, 5.41) is 9.70. The molecule has 3 rings (SSSR count). The van der Waals surface area contributed by atoms with Crippen molar-refractivity contribution in [3.63, 3.8) is 0 Å². The summed E-state index contributed by atoms with van der Waals surface area (Å²) in [7, 11) is 1.45. The minimum atomic E-state index is -0.484. The molecule has 2 saturated heterocycles. The Labute approximate surface area is 159 Å². The number of piperidine rings is 1. The molecular formula is C20H28N2O5. The van der Waals surface area contributed by atoms with Crippen molar-refractivity contribution < 1.29 is 24.2 Å². The van der Waals surface area contributed by atoms with E-state index in [4.69, 9.17) is 9.47 Å². The van der Waals surface area contributed by atoms with Crippen LogP contribution in [0.25, 0.3) is 0 Å². The SMILES string of the molecule is CCC[C@H](C)N1CC2(CCN(C(=O)c3ccc(O)c(OC)c3)CC2)OC1=O. The Kier molecular flexibility index (Phi) is 5.48. The molecule has 0 aromatic heterocycles. The number of benzene rings is 1. The van der Waals surface area contributed by atoms with Crippen LogP contribution in [0.5, 0.6) is 11.5 Å². The van der Waals surface area contributed by atoms with Gasteiger partial charge in [-0.2, -0.15) is 0 Å². The Morgan fingerprint density at radius 3 is 2.70 bits per heavy atom. The van der Waals surface area contributed by atoms with E-state index >= 15 is 0 Å². The number of ether oxygens (including phenoxy) is 2. The van der Waals surface area contributed by atoms with Gasteiger partial charge < -0.3 is 24.4 Å². The van der Waals surface area contributed by atoms with Crippen molar-refractivity contribution in [3.8, 4) is 11.5 Å². The van der Waals surface area contributed by atoms with Crippen LogP contribution in [0.15, 0.2) is 18.2 Å². The Hall–Kier alpha value is -2.44. The van der Waals surface area contributed by atoms with E-state index in [0.717, 1.165) is 12.8 Å². The first kappa shape index (κ1) is 19.3. The summed E-state index contributed by atoms with van der Waals surface area (Å²) in [5.41, 5.74) is -0.00935. The second-order valence-corrected chi connectivity index (χ2v) is 7.50. The first-order chi connectivity index (χ1) is 12.9. The number of phenolic OH excluding ortho intramolecular Hbond substituents is 1. The molecule has 2 aliphatic rings. The van der Waals surface area contributed by atoms with Crippen LogP contribution < -0.4 is 4.74 Å². The van der Waals surface area contributed by atoms with E-state index in [1.165, 1.54) is 13.2 Å². The highest BCUT2D eigenvalue weighted by molar-refractivity contribution is 5.95. The number of phenols is 1. The Balaban J connectivity index is 1.63. The number of hydrogen-bond acceptors (Lipinski definition) is 5. The summed E-state index contributed by atoms with van der Waals surface area (Å²) in [4.78, 5) is 28.7. The Morgan fingerprint density at radius 2 is 2.07 bits per heavy atom. The van der Waals surface area contributed by atoms with Gasteiger partial charge in [-0.1, -0.05) is 13.3 Å². The van der Waals surface area contributed by atoms with E-state index in [1.54, 1.807) is 17.0 Å². The summed E-state index contributed by atoms with van der Waals surface area (Å²) in [6.07, 6.45) is 3.01. The van der Waals surface area contributed by atoms with Gasteiger partial charge in [-0.05, 0) is 31.5 Å². The van der Waals surface area contributed by atoms with Gasteiger partial charge in [0.25, 0.3) is 5.91 Å². The minimum absolute atomic E-state index is 0.00538. The number of aromatic hydroxyl groups is 1. The molecule has 2 heterocycles. The molecule has 1 N–H and O–H groups in total. The smallest absolute Gasteiger partial charge is 0.410 e. The molecular weight excluding hydrogens is 348 g/mol. The van der Waals surface area contributed by atoms with E-state index in [1.807, 2.05) is 4.90 Å². The standard InChI is InChI=1S/C20H28N2O5/c1-4-5-14(2)22-13-20(27-19(22)25)8-10-21(11-9-20)18(24)15-6-7-16(23)17(12-15)26-3/h6-7,12,14,23H,4-5,8-11,13H2,1-3H3/t14-/m0/s1. The Morgan fingerprint density at radius 1 is 1.37 bits per heavy atom. The molecule has 7 nitrogen and oxygen atoms in total. The van der Waals surface area contributed by atoms with Crippen molar-refractivity contribution in [2.45, 2.75) is 51.2 Å². The van der Waals surface area contributed by atoms with Gasteiger partial charge in [0.1, 0.15) is 5.60 Å². The molecule has 7 heteroatoms. The van der Waals surface area contributed by atoms with Crippen LogP contribution in [0.3, 0.4) is 0 Å². The van der Waals surface area contributed by atoms with E-state index in [9.17, 15) is 14.7 Å². The van der Waals surface area contributed by atoms with Crippen LogP contribution in [0.1, 0.15) is 49.9 Å². The van der Waals surface area contributed by atoms with Crippen molar-refractivity contribution >= 4 is 12.0 Å². The topological polar surface area (TPSA) is 79.3 Å². The zero-order chi connectivity index (χ0) is 19.6. The maximum atomic E-state index is 12.8. The first-order valence-electron chi connectivity index (χ1n) is 9.55. The third-order valence-corrected chi connectivity index (χ3v) is 5.62. The number of carbonyl (C=O) groups is 2. The molecule has 2 fully saturated rings. The van der Waals surface area contributed by atoms with Gasteiger partial charge in [0.15, 0.2) is 11.5 Å². The lowest BCUT2D eigenvalue weighted by atomic mass is 9.90. The number of rotatable bonds is 5. The van der Waals surface area contributed by atoms with Crippen molar-refractivity contribution in [2.24, 2.45) is 0 Å². The highest BCUT2D eigenvalue weighted by Gasteiger charge is 2.48. The van der Waals surface area contributed by atoms with Gasteiger partial charge in [-0.3, -0.25) is 4.79 Å². The largest absolute Gasteiger partial charge is 0.504 e. The van der Waals surface area contributed by atoms with Crippen LogP contribution in [-0.2, 0) is 4.74 Å². The Bertz CT molecular complexity index is 712. The molecule has 1 aromatic rings. The van der Waals surface area contributed by atoms with Gasteiger partial charge in [0.05, 0.1) is 13.7 Å². The van der Waals surface area contributed by atoms with Crippen molar-refractivity contribution in [1.29, 1.82) is 0 Å². The average molecular weight is 376 g/mol. The summed E-state index contributed by atoms with van der Waals surface area (Å²) < 4.78 is 10.8. The zero-order valence-electron chi connectivity index (χ0n) is 16.2. The third kappa shape index (κ3) is 3.82. The predicted molar refractivity (Wildman–Crippen MR) is 100 cm³/mol. The van der Waals surface area contributed by atoms with E-state index < -0.39 is 5.60 Å². The fraction of sp³-hybridized carbons (Fsp3) is 0.600. The molecule has 0 saturated carbocycles. The fourth-order valence-electron chi connectivity index (χ4n) is 3.93. The van der Waals surface area contributed by atoms with Crippen LogP contribution in [0, 0.1) is 0 Å². The van der Waals surface area contributed by atoms with E-state index in [-0.39, 0.29) is 29.5 Å². The number of methoxy groups -OCH3 is 1. The summed E-state index contributed by atoms with van der Waals surface area (Å²) in [6.45, 7) is 5.83. The molecule has 0 aliphatic carbocycles. The lowest BCUT2D eigenvalue weighted by molar-refractivity contribution is 0.00306. The van der Waals surface area contributed by atoms with Gasteiger partial charge >= 0.3 is 6.09 Å². The van der Waals surface area contributed by atoms with Gasteiger partial charge in [-0.25, -0.2) is 4.79 Å². The van der Waals surface area contributed by atoms with Crippen molar-refractivity contribution in [3.05, 3.63) is 23.8 Å². The van der Waals surface area contributed by atoms with Crippen molar-refractivity contribution in [2.75, 3.05) is 26.7 Å². The lowest BCUT2D eigenvalue weighted by Gasteiger charge is -2.37. The van der Waals surface area contributed by atoms with Gasteiger partial charge in [0.2, 0.25) is 0 Å². The molecule has 1 atom stereocenters. The highest BCUT2D eigenvalue weighted by atomic mass is 16.6. The molecule has 1 spiro atoms. The average Bonchev–Trinajstić information content (AvgIpc) is 2.98. The highest BCUT2D eigenvalue weighted by Crippen LogP contribution is 2.35. The molecule has 0 radical (unpaired) electrons. The third-order valence-electron chi connectivity index (χ3n) is 5.62. The molecule has 2 amide bonds.